The van der Waals surface area contributed by atoms with Crippen molar-refractivity contribution in [3.8, 4) is 0 Å². The summed E-state index contributed by atoms with van der Waals surface area (Å²) in [5.74, 6) is 0.734. The number of nitrogens with zero attached hydrogens (tertiary/aromatic N) is 1. The topological polar surface area (TPSA) is 17.0 Å². The molecule has 0 radical (unpaired) electrons. The van der Waals surface area contributed by atoms with Crippen LogP contribution < -0.4 is 5.32 Å². The Morgan fingerprint density at radius 2 is 2.06 bits per heavy atom. The number of hydrogen-bond donors (Lipinski definition) is 1. The lowest BCUT2D eigenvalue weighted by Gasteiger charge is -2.10. The number of nitrogens with one attached hydrogen (secondary N) is 1. The number of fused-ring (bicyclic) bond motifs is 1. The highest BCUT2D eigenvalue weighted by molar-refractivity contribution is 5.84. The van der Waals surface area contributed by atoms with Gasteiger partial charge in [-0.15, -0.1) is 0 Å². The minimum absolute atomic E-state index is 0.734. The van der Waals surface area contributed by atoms with Crippen LogP contribution in [-0.4, -0.2) is 18.2 Å². The minimum Gasteiger partial charge on any atom is -0.347 e. The summed E-state index contributed by atoms with van der Waals surface area (Å²) in [5.41, 5.74) is 2.84. The first kappa shape index (κ1) is 13.2. The summed E-state index contributed by atoms with van der Waals surface area (Å²) >= 11 is 0. The summed E-state index contributed by atoms with van der Waals surface area (Å²) in [5, 5.41) is 4.65. The van der Waals surface area contributed by atoms with Crippen LogP contribution in [0.5, 0.6) is 0 Å². The molecular formula is C16H24N2. The first-order chi connectivity index (χ1) is 8.76. The van der Waals surface area contributed by atoms with Crippen LogP contribution in [0, 0.1) is 5.92 Å². The zero-order chi connectivity index (χ0) is 13.0. The van der Waals surface area contributed by atoms with Crippen LogP contribution in [0.1, 0.15) is 25.8 Å². The van der Waals surface area contributed by atoms with E-state index in [2.05, 4.69) is 54.2 Å². The van der Waals surface area contributed by atoms with E-state index in [9.17, 15) is 0 Å². The average molecular weight is 244 g/mol. The van der Waals surface area contributed by atoms with Crippen molar-refractivity contribution in [1.82, 2.24) is 9.88 Å². The van der Waals surface area contributed by atoms with Gasteiger partial charge in [0.1, 0.15) is 0 Å². The maximum Gasteiger partial charge on any atom is 0.0483 e. The van der Waals surface area contributed by atoms with Gasteiger partial charge in [0.25, 0.3) is 0 Å². The molecule has 0 aliphatic heterocycles. The Morgan fingerprint density at radius 3 is 2.78 bits per heavy atom. The predicted molar refractivity (Wildman–Crippen MR) is 79.0 cm³/mol. The van der Waals surface area contributed by atoms with E-state index in [4.69, 9.17) is 0 Å². The second kappa shape index (κ2) is 6.05. The molecule has 2 nitrogen and oxygen atoms in total. The summed E-state index contributed by atoms with van der Waals surface area (Å²) in [4.78, 5) is 0. The molecular weight excluding hydrogens is 220 g/mol. The van der Waals surface area contributed by atoms with Gasteiger partial charge < -0.3 is 9.88 Å². The molecule has 0 saturated heterocycles. The van der Waals surface area contributed by atoms with Crippen molar-refractivity contribution >= 4 is 10.9 Å². The van der Waals surface area contributed by atoms with E-state index in [1.165, 1.54) is 22.9 Å². The largest absolute Gasteiger partial charge is 0.347 e. The van der Waals surface area contributed by atoms with Crippen molar-refractivity contribution < 1.29 is 0 Å². The van der Waals surface area contributed by atoms with Crippen LogP contribution in [0.2, 0.25) is 0 Å². The first-order valence-corrected chi connectivity index (χ1v) is 6.97. The Kier molecular flexibility index (Phi) is 4.43. The monoisotopic (exact) mass is 244 g/mol. The molecule has 18 heavy (non-hydrogen) atoms. The van der Waals surface area contributed by atoms with Gasteiger partial charge in [0, 0.05) is 23.6 Å². The van der Waals surface area contributed by atoms with Gasteiger partial charge in [-0.1, -0.05) is 38.5 Å². The van der Waals surface area contributed by atoms with Crippen molar-refractivity contribution in [1.29, 1.82) is 0 Å². The van der Waals surface area contributed by atoms with Gasteiger partial charge in [0.2, 0.25) is 0 Å². The Morgan fingerprint density at radius 1 is 1.28 bits per heavy atom. The summed E-state index contributed by atoms with van der Waals surface area (Å²) in [6, 6.07) is 8.75. The maximum absolute atomic E-state index is 3.23. The fourth-order valence-electron chi connectivity index (χ4n) is 2.40. The number of rotatable bonds is 6. The molecule has 2 aromatic rings. The summed E-state index contributed by atoms with van der Waals surface area (Å²) in [6.07, 6.45) is 4.68. The number of likely N-dealkylation sites (N-methyl/N-ethyl adjacent to an activating group) is 1. The summed E-state index contributed by atoms with van der Waals surface area (Å²) in [7, 11) is 2.01. The van der Waals surface area contributed by atoms with Crippen LogP contribution in [0.3, 0.4) is 0 Å². The Hall–Kier alpha value is -1.28. The van der Waals surface area contributed by atoms with E-state index in [-0.39, 0.29) is 0 Å². The van der Waals surface area contributed by atoms with Gasteiger partial charge in [-0.05, 0) is 37.6 Å². The molecule has 2 heteroatoms. The summed E-state index contributed by atoms with van der Waals surface area (Å²) in [6.45, 7) is 6.74. The van der Waals surface area contributed by atoms with Gasteiger partial charge in [0.15, 0.2) is 0 Å². The number of benzene rings is 1. The molecule has 0 fully saturated rings. The molecule has 2 rings (SSSR count). The molecule has 0 aliphatic rings. The van der Waals surface area contributed by atoms with Crippen LogP contribution in [-0.2, 0) is 13.0 Å². The van der Waals surface area contributed by atoms with E-state index >= 15 is 0 Å². The molecule has 0 amide bonds. The van der Waals surface area contributed by atoms with Gasteiger partial charge in [0.05, 0.1) is 0 Å². The van der Waals surface area contributed by atoms with E-state index < -0.39 is 0 Å². The zero-order valence-corrected chi connectivity index (χ0v) is 11.7. The lowest BCUT2D eigenvalue weighted by molar-refractivity contribution is 0.477. The zero-order valence-electron chi connectivity index (χ0n) is 11.7. The standard InChI is InChI=1S/C16H24N2/c1-4-13(2)11-18-12-14(9-10-17-3)15-7-5-6-8-16(15)18/h5-8,12-13,17H,4,9-11H2,1-3H3. The molecule has 1 unspecified atom stereocenters. The molecule has 1 aromatic heterocycles. The molecule has 1 atom stereocenters. The van der Waals surface area contributed by atoms with E-state index in [1.807, 2.05) is 7.05 Å². The number of aromatic nitrogens is 1. The van der Waals surface area contributed by atoms with Crippen molar-refractivity contribution in [2.45, 2.75) is 33.2 Å². The third-order valence-electron chi connectivity index (χ3n) is 3.72. The number of para-hydroxylation sites is 1. The molecule has 1 N–H and O–H groups in total. The van der Waals surface area contributed by atoms with Crippen LogP contribution in [0.4, 0.5) is 0 Å². The fourth-order valence-corrected chi connectivity index (χ4v) is 2.40. The van der Waals surface area contributed by atoms with Crippen molar-refractivity contribution in [3.05, 3.63) is 36.0 Å². The molecule has 0 bridgehead atoms. The minimum atomic E-state index is 0.734. The van der Waals surface area contributed by atoms with Gasteiger partial charge in [-0.2, -0.15) is 0 Å². The van der Waals surface area contributed by atoms with E-state index in [0.29, 0.717) is 0 Å². The third kappa shape index (κ3) is 2.75. The smallest absolute Gasteiger partial charge is 0.0483 e. The van der Waals surface area contributed by atoms with Gasteiger partial charge in [-0.3, -0.25) is 0 Å². The lowest BCUT2D eigenvalue weighted by atomic mass is 10.1. The highest BCUT2D eigenvalue weighted by Crippen LogP contribution is 2.23. The first-order valence-electron chi connectivity index (χ1n) is 6.97. The molecule has 98 valence electrons. The molecule has 0 saturated carbocycles. The van der Waals surface area contributed by atoms with E-state index in [1.54, 1.807) is 0 Å². The highest BCUT2D eigenvalue weighted by atomic mass is 15.0. The van der Waals surface area contributed by atoms with E-state index in [0.717, 1.165) is 25.4 Å². The lowest BCUT2D eigenvalue weighted by Crippen LogP contribution is -2.10. The third-order valence-corrected chi connectivity index (χ3v) is 3.72. The Balaban J connectivity index is 2.34. The molecule has 1 heterocycles. The molecule has 0 spiro atoms. The Bertz CT molecular complexity index is 499. The van der Waals surface area contributed by atoms with Crippen LogP contribution in [0.15, 0.2) is 30.5 Å². The van der Waals surface area contributed by atoms with Crippen LogP contribution >= 0.6 is 0 Å². The maximum atomic E-state index is 3.23. The highest BCUT2D eigenvalue weighted by Gasteiger charge is 2.09. The van der Waals surface area contributed by atoms with Crippen molar-refractivity contribution in [2.75, 3.05) is 13.6 Å². The quantitative estimate of drug-likeness (QED) is 0.823. The van der Waals surface area contributed by atoms with Crippen LogP contribution in [0.25, 0.3) is 10.9 Å². The van der Waals surface area contributed by atoms with Gasteiger partial charge in [-0.25, -0.2) is 0 Å². The van der Waals surface area contributed by atoms with Crippen molar-refractivity contribution in [3.63, 3.8) is 0 Å². The van der Waals surface area contributed by atoms with Gasteiger partial charge >= 0.3 is 0 Å². The average Bonchev–Trinajstić information content (AvgIpc) is 2.75. The molecule has 1 aromatic carbocycles. The predicted octanol–water partition coefficient (Wildman–Crippen LogP) is 3.45. The fraction of sp³-hybridized carbons (Fsp3) is 0.500. The number of hydrogen-bond acceptors (Lipinski definition) is 1. The second-order valence-corrected chi connectivity index (χ2v) is 5.19. The summed E-state index contributed by atoms with van der Waals surface area (Å²) < 4.78 is 2.43. The second-order valence-electron chi connectivity index (χ2n) is 5.19. The molecule has 0 aliphatic carbocycles. The normalized spacial score (nSPS) is 13.1. The Labute approximate surface area is 110 Å². The van der Waals surface area contributed by atoms with Crippen molar-refractivity contribution in [2.24, 2.45) is 5.92 Å². The SMILES string of the molecule is CCC(C)Cn1cc(CCNC)c2ccccc21.